The van der Waals surface area contributed by atoms with E-state index in [4.69, 9.17) is 14.2 Å². The average Bonchev–Trinajstić information content (AvgIpc) is 2.82. The van der Waals surface area contributed by atoms with Gasteiger partial charge in [-0.3, -0.25) is 0 Å². The molecule has 0 heterocycles. The third-order valence-electron chi connectivity index (χ3n) is 4.72. The smallest absolute Gasteiger partial charge is 0.347 e. The Balaban J connectivity index is 1.54. The molecule has 0 atom stereocenters. The second-order valence-electron chi connectivity index (χ2n) is 7.98. The van der Waals surface area contributed by atoms with E-state index in [0.29, 0.717) is 41.8 Å². The number of ether oxygens (including phenoxy) is 3. The first-order chi connectivity index (χ1) is 15.9. The zero-order chi connectivity index (χ0) is 23.6. The highest BCUT2D eigenvalue weighted by Crippen LogP contribution is 2.26. The summed E-state index contributed by atoms with van der Waals surface area (Å²) >= 11 is 3.38. The quantitative estimate of drug-likeness (QED) is 0.177. The first kappa shape index (κ1) is 24.5. The van der Waals surface area contributed by atoms with E-state index in [0.717, 1.165) is 17.3 Å². The van der Waals surface area contributed by atoms with Gasteiger partial charge in [-0.05, 0) is 66.8 Å². The molecule has 3 rings (SSSR count). The van der Waals surface area contributed by atoms with Crippen LogP contribution in [0.3, 0.4) is 0 Å². The molecule has 0 bridgehead atoms. The van der Waals surface area contributed by atoms with Gasteiger partial charge < -0.3 is 14.2 Å². The Kier molecular flexibility index (Phi) is 9.07. The van der Waals surface area contributed by atoms with Gasteiger partial charge in [0.2, 0.25) is 0 Å². The number of carbonyl (C=O) groups excluding carboxylic acids is 2. The minimum atomic E-state index is -0.536. The van der Waals surface area contributed by atoms with Gasteiger partial charge in [-0.2, -0.15) is 0 Å². The number of aryl methyl sites for hydroxylation is 1. The maximum Gasteiger partial charge on any atom is 0.347 e. The highest BCUT2D eigenvalue weighted by Gasteiger charge is 2.17. The highest BCUT2D eigenvalue weighted by molar-refractivity contribution is 9.10. The van der Waals surface area contributed by atoms with Crippen molar-refractivity contribution in [3.05, 3.63) is 94.0 Å². The van der Waals surface area contributed by atoms with Crippen LogP contribution in [0.5, 0.6) is 11.5 Å². The summed E-state index contributed by atoms with van der Waals surface area (Å²) in [6.45, 7) is 4.90. The lowest BCUT2D eigenvalue weighted by atomic mass is 10.1. The van der Waals surface area contributed by atoms with Crippen LogP contribution in [0.4, 0.5) is 0 Å². The minimum absolute atomic E-state index is 0.322. The number of hydrogen-bond donors (Lipinski definition) is 0. The van der Waals surface area contributed by atoms with Gasteiger partial charge in [-0.15, -0.1) is 0 Å². The van der Waals surface area contributed by atoms with E-state index in [1.54, 1.807) is 36.4 Å². The van der Waals surface area contributed by atoms with Crippen molar-refractivity contribution in [3.8, 4) is 11.5 Å². The molecular formula is C27H27BrO5. The van der Waals surface area contributed by atoms with E-state index >= 15 is 0 Å². The van der Waals surface area contributed by atoms with Crippen molar-refractivity contribution in [3.63, 3.8) is 0 Å². The van der Waals surface area contributed by atoms with Crippen molar-refractivity contribution < 1.29 is 23.8 Å². The van der Waals surface area contributed by atoms with Gasteiger partial charge in [-0.25, -0.2) is 9.59 Å². The van der Waals surface area contributed by atoms with Gasteiger partial charge in [-0.1, -0.05) is 60.1 Å². The van der Waals surface area contributed by atoms with Crippen LogP contribution >= 0.6 is 15.9 Å². The summed E-state index contributed by atoms with van der Waals surface area (Å²) in [5.41, 5.74) is 1.94. The summed E-state index contributed by atoms with van der Waals surface area (Å²) in [4.78, 5) is 25.0. The van der Waals surface area contributed by atoms with Crippen molar-refractivity contribution in [2.75, 3.05) is 13.2 Å². The van der Waals surface area contributed by atoms with Crippen LogP contribution in [0.25, 0.3) is 0 Å². The van der Waals surface area contributed by atoms with Gasteiger partial charge in [0.05, 0.1) is 18.8 Å². The van der Waals surface area contributed by atoms with Crippen LogP contribution in [-0.4, -0.2) is 25.2 Å². The van der Waals surface area contributed by atoms with Crippen LogP contribution < -0.4 is 9.47 Å². The SMILES string of the molecule is CC(C)COc1ccc(Br)cc1C(=O)Oc1ccc(C(=O)OCCCc2ccccc2)cc1. The molecule has 0 spiro atoms. The predicted octanol–water partition coefficient (Wildman–Crippen LogP) is 6.49. The molecule has 6 heteroatoms. The highest BCUT2D eigenvalue weighted by atomic mass is 79.9. The Morgan fingerprint density at radius 2 is 1.64 bits per heavy atom. The second kappa shape index (κ2) is 12.2. The molecule has 5 nitrogen and oxygen atoms in total. The zero-order valence-electron chi connectivity index (χ0n) is 18.8. The molecule has 172 valence electrons. The molecule has 0 N–H and O–H groups in total. The van der Waals surface area contributed by atoms with Crippen molar-refractivity contribution >= 4 is 27.9 Å². The third-order valence-corrected chi connectivity index (χ3v) is 5.21. The molecule has 0 saturated heterocycles. The Hall–Kier alpha value is -3.12. The normalized spacial score (nSPS) is 10.7. The molecule has 0 unspecified atom stereocenters. The van der Waals surface area contributed by atoms with Crippen LogP contribution in [0.15, 0.2) is 77.3 Å². The largest absolute Gasteiger partial charge is 0.492 e. The number of carbonyl (C=O) groups is 2. The van der Waals surface area contributed by atoms with Gasteiger partial charge in [0.25, 0.3) is 0 Å². The fourth-order valence-electron chi connectivity index (χ4n) is 3.03. The van der Waals surface area contributed by atoms with Crippen molar-refractivity contribution in [2.45, 2.75) is 26.7 Å². The van der Waals surface area contributed by atoms with E-state index in [1.807, 2.05) is 38.1 Å². The van der Waals surface area contributed by atoms with E-state index in [1.165, 1.54) is 5.56 Å². The fraction of sp³-hybridized carbons (Fsp3) is 0.259. The summed E-state index contributed by atoms with van der Waals surface area (Å²) in [7, 11) is 0. The topological polar surface area (TPSA) is 61.8 Å². The Morgan fingerprint density at radius 1 is 0.909 bits per heavy atom. The molecule has 0 aliphatic carbocycles. The first-order valence-electron chi connectivity index (χ1n) is 10.9. The molecule has 0 fully saturated rings. The van der Waals surface area contributed by atoms with E-state index < -0.39 is 11.9 Å². The van der Waals surface area contributed by atoms with Crippen molar-refractivity contribution in [1.29, 1.82) is 0 Å². The third kappa shape index (κ3) is 7.75. The van der Waals surface area contributed by atoms with Crippen molar-refractivity contribution in [1.82, 2.24) is 0 Å². The van der Waals surface area contributed by atoms with Gasteiger partial charge in [0, 0.05) is 4.47 Å². The summed E-state index contributed by atoms with van der Waals surface area (Å²) in [5, 5.41) is 0. The van der Waals surface area contributed by atoms with Crippen LogP contribution in [0.2, 0.25) is 0 Å². The minimum Gasteiger partial charge on any atom is -0.492 e. The lowest BCUT2D eigenvalue weighted by molar-refractivity contribution is 0.0500. The molecule has 3 aromatic rings. The molecule has 0 amide bonds. The fourth-order valence-corrected chi connectivity index (χ4v) is 3.40. The van der Waals surface area contributed by atoms with Gasteiger partial charge in [0.15, 0.2) is 0 Å². The zero-order valence-corrected chi connectivity index (χ0v) is 20.3. The first-order valence-corrected chi connectivity index (χ1v) is 11.7. The molecule has 0 aromatic heterocycles. The molecule has 0 radical (unpaired) electrons. The Morgan fingerprint density at radius 3 is 2.33 bits per heavy atom. The Labute approximate surface area is 202 Å². The number of hydrogen-bond acceptors (Lipinski definition) is 5. The number of benzene rings is 3. The molecular weight excluding hydrogens is 484 g/mol. The maximum atomic E-state index is 12.7. The number of esters is 2. The molecule has 0 saturated carbocycles. The maximum absolute atomic E-state index is 12.7. The van der Waals surface area contributed by atoms with Gasteiger partial charge >= 0.3 is 11.9 Å². The van der Waals surface area contributed by atoms with E-state index in [2.05, 4.69) is 28.1 Å². The number of rotatable bonds is 10. The summed E-state index contributed by atoms with van der Waals surface area (Å²) < 4.78 is 17.3. The summed E-state index contributed by atoms with van der Waals surface area (Å²) in [6, 6.07) is 21.6. The number of halogens is 1. The summed E-state index contributed by atoms with van der Waals surface area (Å²) in [6.07, 6.45) is 1.60. The lowest BCUT2D eigenvalue weighted by Gasteiger charge is -2.13. The summed E-state index contributed by atoms with van der Waals surface area (Å²) in [5.74, 6) is 0.176. The van der Waals surface area contributed by atoms with Crippen LogP contribution in [0, 0.1) is 5.92 Å². The van der Waals surface area contributed by atoms with Crippen LogP contribution in [0.1, 0.15) is 46.5 Å². The molecule has 3 aromatic carbocycles. The monoisotopic (exact) mass is 510 g/mol. The van der Waals surface area contributed by atoms with E-state index in [9.17, 15) is 9.59 Å². The Bertz CT molecular complexity index is 1060. The molecule has 33 heavy (non-hydrogen) atoms. The van der Waals surface area contributed by atoms with Crippen molar-refractivity contribution in [2.24, 2.45) is 5.92 Å². The van der Waals surface area contributed by atoms with Gasteiger partial charge in [0.1, 0.15) is 17.1 Å². The van der Waals surface area contributed by atoms with E-state index in [-0.39, 0.29) is 0 Å². The lowest BCUT2D eigenvalue weighted by Crippen LogP contribution is -2.13. The average molecular weight is 511 g/mol. The van der Waals surface area contributed by atoms with Crippen LogP contribution in [-0.2, 0) is 11.2 Å². The predicted molar refractivity (Wildman–Crippen MR) is 131 cm³/mol. The standard InChI is InChI=1S/C27H27BrO5/c1-19(2)18-32-25-15-12-22(28)17-24(25)27(30)33-23-13-10-21(11-14-23)26(29)31-16-6-9-20-7-4-3-5-8-20/h3-5,7-8,10-15,17,19H,6,9,16,18H2,1-2H3. The molecule has 0 aliphatic rings. The second-order valence-corrected chi connectivity index (χ2v) is 8.90. The molecule has 0 aliphatic heterocycles.